The Morgan fingerprint density at radius 3 is 2.72 bits per heavy atom. The minimum atomic E-state index is -1.09. The maximum atomic E-state index is 4.56. The van der Waals surface area contributed by atoms with E-state index in [0.717, 1.165) is 13.1 Å². The van der Waals surface area contributed by atoms with Gasteiger partial charge in [0.1, 0.15) is 8.24 Å². The van der Waals surface area contributed by atoms with Crippen LogP contribution in [0.2, 0.25) is 19.1 Å². The van der Waals surface area contributed by atoms with Crippen molar-refractivity contribution < 1.29 is 0 Å². The van der Waals surface area contributed by atoms with E-state index in [2.05, 4.69) is 46.9 Å². The van der Waals surface area contributed by atoms with Crippen LogP contribution in [0.15, 0.2) is 35.3 Å². The lowest BCUT2D eigenvalue weighted by atomic mass is 10.2. The van der Waals surface area contributed by atoms with Gasteiger partial charge in [-0.3, -0.25) is 4.99 Å². The molecule has 0 saturated carbocycles. The number of nitrogens with zero attached hydrogens (tertiary/aromatic N) is 2. The highest BCUT2D eigenvalue weighted by Crippen LogP contribution is 2.24. The molecule has 1 aromatic rings. The van der Waals surface area contributed by atoms with Crippen LogP contribution in [-0.2, 0) is 0 Å². The first-order chi connectivity index (χ1) is 8.68. The fourth-order valence-electron chi connectivity index (χ4n) is 2.62. The van der Waals surface area contributed by atoms with Gasteiger partial charge in [-0.25, -0.2) is 0 Å². The highest BCUT2D eigenvalue weighted by atomic mass is 28.3. The van der Waals surface area contributed by atoms with Crippen molar-refractivity contribution in [3.05, 3.63) is 35.9 Å². The van der Waals surface area contributed by atoms with Crippen LogP contribution in [0.1, 0.15) is 18.4 Å². The Hall–Kier alpha value is -0.933. The average molecular weight is 260 g/mol. The molecule has 98 valence electrons. The predicted octanol–water partition coefficient (Wildman–Crippen LogP) is 3.41. The van der Waals surface area contributed by atoms with Gasteiger partial charge in [-0.15, -0.1) is 0 Å². The van der Waals surface area contributed by atoms with Gasteiger partial charge in [0.25, 0.3) is 0 Å². The van der Waals surface area contributed by atoms with E-state index in [1.807, 2.05) is 12.3 Å². The zero-order chi connectivity index (χ0) is 12.8. The van der Waals surface area contributed by atoms with E-state index in [-0.39, 0.29) is 0 Å². The van der Waals surface area contributed by atoms with E-state index in [1.54, 1.807) is 0 Å². The lowest BCUT2D eigenvalue weighted by molar-refractivity contribution is 0.392. The number of hydrogen-bond donors (Lipinski definition) is 0. The molecule has 1 aromatic carbocycles. The quantitative estimate of drug-likeness (QED) is 0.598. The van der Waals surface area contributed by atoms with Gasteiger partial charge in [-0.1, -0.05) is 49.8 Å². The number of rotatable bonds is 4. The highest BCUT2D eigenvalue weighted by Gasteiger charge is 2.31. The van der Waals surface area contributed by atoms with Crippen molar-refractivity contribution in [2.45, 2.75) is 32.0 Å². The van der Waals surface area contributed by atoms with E-state index in [4.69, 9.17) is 0 Å². The van der Waals surface area contributed by atoms with Gasteiger partial charge in [-0.2, -0.15) is 0 Å². The Morgan fingerprint density at radius 2 is 2.00 bits per heavy atom. The minimum Gasteiger partial charge on any atom is -0.322 e. The molecule has 0 spiro atoms. The van der Waals surface area contributed by atoms with E-state index in [0.29, 0.717) is 0 Å². The lowest BCUT2D eigenvalue weighted by Gasteiger charge is -2.40. The summed E-state index contributed by atoms with van der Waals surface area (Å²) < 4.78 is 2.72. The fraction of sp³-hybridized carbons (Fsp3) is 0.533. The third kappa shape index (κ3) is 3.78. The molecule has 0 aromatic heterocycles. The predicted molar refractivity (Wildman–Crippen MR) is 82.0 cm³/mol. The second kappa shape index (κ2) is 6.30. The molecule has 2 nitrogen and oxygen atoms in total. The zero-order valence-corrected chi connectivity index (χ0v) is 12.6. The summed E-state index contributed by atoms with van der Waals surface area (Å²) in [7, 11) is -1.09. The van der Waals surface area contributed by atoms with Gasteiger partial charge in [0, 0.05) is 12.8 Å². The normalized spacial score (nSPS) is 20.3. The molecular weight excluding hydrogens is 236 g/mol. The summed E-state index contributed by atoms with van der Waals surface area (Å²) in [6.45, 7) is 8.36. The van der Waals surface area contributed by atoms with Crippen LogP contribution in [-0.4, -0.2) is 38.6 Å². The Bertz CT molecular complexity index is 387. The summed E-state index contributed by atoms with van der Waals surface area (Å²) in [5, 5.41) is 0. The highest BCUT2D eigenvalue weighted by molar-refractivity contribution is 6.74. The monoisotopic (exact) mass is 260 g/mol. The summed E-state index contributed by atoms with van der Waals surface area (Å²) >= 11 is 0. The lowest BCUT2D eigenvalue weighted by Crippen LogP contribution is -2.52. The second-order valence-corrected chi connectivity index (χ2v) is 10.5. The maximum absolute atomic E-state index is 4.56. The first kappa shape index (κ1) is 13.5. The van der Waals surface area contributed by atoms with Gasteiger partial charge in [0.15, 0.2) is 0 Å². The molecule has 1 saturated heterocycles. The van der Waals surface area contributed by atoms with E-state index in [9.17, 15) is 0 Å². The zero-order valence-electron chi connectivity index (χ0n) is 11.6. The molecule has 1 aliphatic rings. The number of aliphatic imine (C=N–C) groups is 1. The average Bonchev–Trinajstić information content (AvgIpc) is 2.37. The molecule has 1 aliphatic heterocycles. The first-order valence-electron chi connectivity index (χ1n) is 6.98. The van der Waals surface area contributed by atoms with Gasteiger partial charge < -0.3 is 4.57 Å². The van der Waals surface area contributed by atoms with Crippen molar-refractivity contribution >= 4 is 14.5 Å². The molecule has 0 unspecified atom stereocenters. The standard InChI is InChI=1S/C15H24N2Si/c1-18(2)13-7-6-11-17(18)12-10-16-14-15-8-4-3-5-9-15/h3-5,8-9,14H,6-7,10-13H2,1-2H3. The third-order valence-electron chi connectivity index (χ3n) is 3.86. The van der Waals surface area contributed by atoms with Gasteiger partial charge in [0.2, 0.25) is 0 Å². The van der Waals surface area contributed by atoms with Crippen LogP contribution in [0, 0.1) is 0 Å². The van der Waals surface area contributed by atoms with Gasteiger partial charge >= 0.3 is 0 Å². The molecule has 18 heavy (non-hydrogen) atoms. The molecule has 2 rings (SSSR count). The molecular formula is C15H24N2Si. The molecule has 0 bridgehead atoms. The van der Waals surface area contributed by atoms with Crippen molar-refractivity contribution in [3.63, 3.8) is 0 Å². The minimum absolute atomic E-state index is 0.936. The van der Waals surface area contributed by atoms with Crippen molar-refractivity contribution in [1.82, 2.24) is 4.57 Å². The van der Waals surface area contributed by atoms with Crippen molar-refractivity contribution in [3.8, 4) is 0 Å². The van der Waals surface area contributed by atoms with Crippen LogP contribution in [0.3, 0.4) is 0 Å². The fourth-order valence-corrected chi connectivity index (χ4v) is 5.52. The number of hydrogen-bond acceptors (Lipinski definition) is 2. The van der Waals surface area contributed by atoms with Crippen molar-refractivity contribution in [2.24, 2.45) is 4.99 Å². The first-order valence-corrected chi connectivity index (χ1v) is 10.1. The third-order valence-corrected chi connectivity index (χ3v) is 7.60. The Kier molecular flexibility index (Phi) is 4.72. The maximum Gasteiger partial charge on any atom is 0.122 e. The van der Waals surface area contributed by atoms with E-state index in [1.165, 1.54) is 31.0 Å². The summed E-state index contributed by atoms with van der Waals surface area (Å²) in [4.78, 5) is 4.56. The van der Waals surface area contributed by atoms with Crippen LogP contribution in [0.25, 0.3) is 0 Å². The molecule has 0 amide bonds. The summed E-state index contributed by atoms with van der Waals surface area (Å²) in [5.74, 6) is 0. The number of benzene rings is 1. The summed E-state index contributed by atoms with van der Waals surface area (Å²) in [6.07, 6.45) is 4.81. The van der Waals surface area contributed by atoms with Crippen molar-refractivity contribution in [1.29, 1.82) is 0 Å². The van der Waals surface area contributed by atoms with Gasteiger partial charge in [0.05, 0.1) is 6.54 Å². The second-order valence-electron chi connectivity index (χ2n) is 5.70. The SMILES string of the molecule is C[Si]1(C)CCCCN1CCN=Cc1ccccc1. The molecule has 1 heterocycles. The van der Waals surface area contributed by atoms with Crippen LogP contribution >= 0.6 is 0 Å². The van der Waals surface area contributed by atoms with E-state index < -0.39 is 8.24 Å². The Labute approximate surface area is 112 Å². The van der Waals surface area contributed by atoms with Crippen molar-refractivity contribution in [2.75, 3.05) is 19.6 Å². The molecule has 0 radical (unpaired) electrons. The topological polar surface area (TPSA) is 15.6 Å². The molecule has 3 heteroatoms. The Morgan fingerprint density at radius 1 is 1.22 bits per heavy atom. The van der Waals surface area contributed by atoms with Crippen LogP contribution < -0.4 is 0 Å². The molecule has 0 atom stereocenters. The summed E-state index contributed by atoms with van der Waals surface area (Å²) in [6, 6.07) is 11.8. The Balaban J connectivity index is 1.80. The van der Waals surface area contributed by atoms with Gasteiger partial charge in [-0.05, 0) is 24.6 Å². The smallest absolute Gasteiger partial charge is 0.122 e. The van der Waals surface area contributed by atoms with Crippen LogP contribution in [0.5, 0.6) is 0 Å². The van der Waals surface area contributed by atoms with E-state index >= 15 is 0 Å². The largest absolute Gasteiger partial charge is 0.322 e. The molecule has 0 N–H and O–H groups in total. The molecule has 1 fully saturated rings. The van der Waals surface area contributed by atoms with Crippen LogP contribution in [0.4, 0.5) is 0 Å². The summed E-state index contributed by atoms with van der Waals surface area (Å²) in [5.41, 5.74) is 1.20. The molecule has 0 aliphatic carbocycles.